The van der Waals surface area contributed by atoms with E-state index in [4.69, 9.17) is 0 Å². The van der Waals surface area contributed by atoms with Crippen LogP contribution in [0.15, 0.2) is 59.5 Å². The molecule has 6 nitrogen and oxygen atoms in total. The van der Waals surface area contributed by atoms with E-state index in [2.05, 4.69) is 5.32 Å². The summed E-state index contributed by atoms with van der Waals surface area (Å²) in [5, 5.41) is 3.07. The summed E-state index contributed by atoms with van der Waals surface area (Å²) < 4.78 is 65.7. The molecule has 2 aromatic rings. The molecule has 2 aliphatic rings. The van der Waals surface area contributed by atoms with Gasteiger partial charge in [0.25, 0.3) is 0 Å². The lowest BCUT2D eigenvalue weighted by Gasteiger charge is -2.35. The second-order valence-corrected chi connectivity index (χ2v) is 10.0. The standard InChI is InChI=1S/C22H24F3N3O3S/c23-22(24,25)18-7-4-8-19(15-18)32(30,31)28-13-11-27(12-14-28)21(29)26-20(17-9-10-17)16-5-2-1-3-6-16/h1-8,15,17,20H,9-14H2,(H,26,29)/t20-/m0/s1. The number of carbonyl (C=O) groups is 1. The average Bonchev–Trinajstić information content (AvgIpc) is 3.63. The maximum atomic E-state index is 13.0. The van der Waals surface area contributed by atoms with E-state index in [0.29, 0.717) is 12.0 Å². The first-order valence-corrected chi connectivity index (χ1v) is 11.9. The third-order valence-corrected chi connectivity index (χ3v) is 7.75. The molecule has 1 atom stereocenters. The van der Waals surface area contributed by atoms with E-state index in [9.17, 15) is 26.4 Å². The summed E-state index contributed by atoms with van der Waals surface area (Å²) >= 11 is 0. The van der Waals surface area contributed by atoms with Gasteiger partial charge in [0, 0.05) is 26.2 Å². The van der Waals surface area contributed by atoms with Gasteiger partial charge >= 0.3 is 12.2 Å². The lowest BCUT2D eigenvalue weighted by molar-refractivity contribution is -0.137. The number of nitrogens with zero attached hydrogens (tertiary/aromatic N) is 2. The van der Waals surface area contributed by atoms with Crippen molar-refractivity contribution in [3.8, 4) is 0 Å². The van der Waals surface area contributed by atoms with Crippen molar-refractivity contribution in [1.82, 2.24) is 14.5 Å². The van der Waals surface area contributed by atoms with Crippen LogP contribution in [0, 0.1) is 5.92 Å². The summed E-state index contributed by atoms with van der Waals surface area (Å²) in [6, 6.07) is 13.1. The van der Waals surface area contributed by atoms with Gasteiger partial charge in [-0.05, 0) is 42.5 Å². The second-order valence-electron chi connectivity index (χ2n) is 8.09. The molecule has 1 saturated carbocycles. The van der Waals surface area contributed by atoms with Crippen LogP contribution in [0.2, 0.25) is 0 Å². The lowest BCUT2D eigenvalue weighted by atomic mass is 10.0. The Bertz CT molecular complexity index is 1060. The predicted molar refractivity (Wildman–Crippen MR) is 112 cm³/mol. The number of halogens is 3. The van der Waals surface area contributed by atoms with Crippen LogP contribution in [0.5, 0.6) is 0 Å². The first-order valence-electron chi connectivity index (χ1n) is 10.4. The number of hydrogen-bond donors (Lipinski definition) is 1. The number of amides is 2. The molecule has 0 unspecified atom stereocenters. The van der Waals surface area contributed by atoms with Crippen LogP contribution in [-0.2, 0) is 16.2 Å². The van der Waals surface area contributed by atoms with Crippen LogP contribution < -0.4 is 5.32 Å². The van der Waals surface area contributed by atoms with Crippen LogP contribution >= 0.6 is 0 Å². The molecule has 1 aliphatic carbocycles. The molecular formula is C22H24F3N3O3S. The van der Waals surface area contributed by atoms with Crippen molar-refractivity contribution in [2.45, 2.75) is 30.0 Å². The Hall–Kier alpha value is -2.59. The number of carbonyl (C=O) groups excluding carboxylic acids is 1. The zero-order chi connectivity index (χ0) is 22.9. The maximum Gasteiger partial charge on any atom is 0.416 e. The van der Waals surface area contributed by atoms with E-state index >= 15 is 0 Å². The molecule has 172 valence electrons. The zero-order valence-electron chi connectivity index (χ0n) is 17.3. The van der Waals surface area contributed by atoms with Crippen molar-refractivity contribution in [2.75, 3.05) is 26.2 Å². The molecule has 10 heteroatoms. The van der Waals surface area contributed by atoms with Gasteiger partial charge in [0.2, 0.25) is 10.0 Å². The molecule has 2 amide bonds. The minimum absolute atomic E-state index is 0.0193. The Morgan fingerprint density at radius 1 is 0.969 bits per heavy atom. The van der Waals surface area contributed by atoms with Crippen LogP contribution in [-0.4, -0.2) is 49.8 Å². The fourth-order valence-electron chi connectivity index (χ4n) is 3.90. The summed E-state index contributed by atoms with van der Waals surface area (Å²) in [6.45, 7) is 0.364. The van der Waals surface area contributed by atoms with E-state index < -0.39 is 26.7 Å². The quantitative estimate of drug-likeness (QED) is 0.726. The smallest absolute Gasteiger partial charge is 0.331 e. The first kappa shape index (κ1) is 22.6. The number of benzene rings is 2. The Labute approximate surface area is 185 Å². The Morgan fingerprint density at radius 2 is 1.62 bits per heavy atom. The van der Waals surface area contributed by atoms with Crippen molar-refractivity contribution in [3.05, 3.63) is 65.7 Å². The Morgan fingerprint density at radius 3 is 2.22 bits per heavy atom. The van der Waals surface area contributed by atoms with E-state index in [1.165, 1.54) is 0 Å². The molecule has 0 radical (unpaired) electrons. The Balaban J connectivity index is 1.40. The van der Waals surface area contributed by atoms with Crippen molar-refractivity contribution in [3.63, 3.8) is 0 Å². The van der Waals surface area contributed by atoms with Gasteiger partial charge < -0.3 is 10.2 Å². The van der Waals surface area contributed by atoms with Crippen LogP contribution in [0.1, 0.15) is 30.0 Å². The van der Waals surface area contributed by atoms with Crippen LogP contribution in [0.3, 0.4) is 0 Å². The monoisotopic (exact) mass is 467 g/mol. The molecule has 0 bridgehead atoms. The highest BCUT2D eigenvalue weighted by atomic mass is 32.2. The highest BCUT2D eigenvalue weighted by molar-refractivity contribution is 7.89. The molecule has 1 heterocycles. The molecule has 32 heavy (non-hydrogen) atoms. The van der Waals surface area contributed by atoms with Gasteiger partial charge in [0.1, 0.15) is 0 Å². The molecule has 2 fully saturated rings. The summed E-state index contributed by atoms with van der Waals surface area (Å²) in [6.07, 6.45) is -2.54. The van der Waals surface area contributed by atoms with Crippen LogP contribution in [0.4, 0.5) is 18.0 Å². The normalized spacial score (nSPS) is 18.9. The van der Waals surface area contributed by atoms with Crippen molar-refractivity contribution >= 4 is 16.1 Å². The van der Waals surface area contributed by atoms with Crippen LogP contribution in [0.25, 0.3) is 0 Å². The summed E-state index contributed by atoms with van der Waals surface area (Å²) in [5.74, 6) is 0.393. The van der Waals surface area contributed by atoms with Gasteiger partial charge in [-0.25, -0.2) is 13.2 Å². The molecule has 1 saturated heterocycles. The first-order chi connectivity index (χ1) is 15.2. The summed E-state index contributed by atoms with van der Waals surface area (Å²) in [5.41, 5.74) is 0.0257. The fourth-order valence-corrected chi connectivity index (χ4v) is 5.37. The zero-order valence-corrected chi connectivity index (χ0v) is 18.1. The van der Waals surface area contributed by atoms with Crippen molar-refractivity contribution in [2.24, 2.45) is 5.92 Å². The van der Waals surface area contributed by atoms with Gasteiger partial charge in [0.15, 0.2) is 0 Å². The molecule has 0 spiro atoms. The number of piperazine rings is 1. The second kappa shape index (κ2) is 8.74. The molecule has 2 aromatic carbocycles. The highest BCUT2D eigenvalue weighted by Crippen LogP contribution is 2.41. The number of nitrogens with one attached hydrogen (secondary N) is 1. The predicted octanol–water partition coefficient (Wildman–Crippen LogP) is 3.87. The van der Waals surface area contributed by atoms with E-state index in [1.807, 2.05) is 30.3 Å². The minimum Gasteiger partial charge on any atom is -0.331 e. The van der Waals surface area contributed by atoms with E-state index in [-0.39, 0.29) is 38.3 Å². The van der Waals surface area contributed by atoms with Gasteiger partial charge in [-0.1, -0.05) is 36.4 Å². The van der Waals surface area contributed by atoms with Crippen molar-refractivity contribution < 1.29 is 26.4 Å². The van der Waals surface area contributed by atoms with E-state index in [0.717, 1.165) is 40.9 Å². The molecule has 0 aromatic heterocycles. The summed E-state index contributed by atoms with van der Waals surface area (Å²) in [4.78, 5) is 14.0. The average molecular weight is 468 g/mol. The van der Waals surface area contributed by atoms with Gasteiger partial charge in [-0.3, -0.25) is 0 Å². The van der Waals surface area contributed by atoms with Gasteiger partial charge in [-0.15, -0.1) is 0 Å². The molecule has 4 rings (SSSR count). The largest absolute Gasteiger partial charge is 0.416 e. The number of alkyl halides is 3. The highest BCUT2D eigenvalue weighted by Gasteiger charge is 2.37. The van der Waals surface area contributed by atoms with Gasteiger partial charge in [-0.2, -0.15) is 17.5 Å². The molecule has 1 aliphatic heterocycles. The maximum absolute atomic E-state index is 13.0. The van der Waals surface area contributed by atoms with Gasteiger partial charge in [0.05, 0.1) is 16.5 Å². The fraction of sp³-hybridized carbons (Fsp3) is 0.409. The molecular weight excluding hydrogens is 443 g/mol. The molecule has 1 N–H and O–H groups in total. The minimum atomic E-state index is -4.63. The topological polar surface area (TPSA) is 69.7 Å². The lowest BCUT2D eigenvalue weighted by Crippen LogP contribution is -2.53. The van der Waals surface area contributed by atoms with E-state index in [1.54, 1.807) is 4.90 Å². The number of urea groups is 1. The van der Waals surface area contributed by atoms with Crippen molar-refractivity contribution in [1.29, 1.82) is 0 Å². The number of sulfonamides is 1. The third-order valence-electron chi connectivity index (χ3n) is 5.86. The number of hydrogen-bond acceptors (Lipinski definition) is 3. The number of rotatable bonds is 5. The SMILES string of the molecule is O=C(N[C@@H](c1ccccc1)C1CC1)N1CCN(S(=O)(=O)c2cccc(C(F)(F)F)c2)CC1. The third kappa shape index (κ3) is 4.91. The Kier molecular flexibility index (Phi) is 6.17. The summed E-state index contributed by atoms with van der Waals surface area (Å²) in [7, 11) is -4.09.